The topological polar surface area (TPSA) is 112 Å². The van der Waals surface area contributed by atoms with E-state index in [0.717, 1.165) is 11.3 Å². The van der Waals surface area contributed by atoms with Crippen molar-refractivity contribution in [2.75, 3.05) is 5.32 Å². The van der Waals surface area contributed by atoms with Crippen LogP contribution in [-0.4, -0.2) is 30.9 Å². The highest BCUT2D eigenvalue weighted by atomic mass is 35.5. The lowest BCUT2D eigenvalue weighted by molar-refractivity contribution is 0.0996. The van der Waals surface area contributed by atoms with Crippen LogP contribution < -0.4 is 11.1 Å². The van der Waals surface area contributed by atoms with Gasteiger partial charge < -0.3 is 11.1 Å². The maximum Gasteiger partial charge on any atom is 0.271 e. The van der Waals surface area contributed by atoms with Gasteiger partial charge in [0, 0.05) is 5.56 Å². The van der Waals surface area contributed by atoms with Gasteiger partial charge in [0.1, 0.15) is 5.69 Å². The fourth-order valence-electron chi connectivity index (χ4n) is 2.71. The average molecular weight is 426 g/mol. The number of hydrogen-bond acceptors (Lipinski definition) is 6. The molecule has 3 N–H and O–H groups in total. The lowest BCUT2D eigenvalue weighted by Gasteiger charge is -2.07. The highest BCUT2D eigenvalue weighted by Gasteiger charge is 2.18. The summed E-state index contributed by atoms with van der Waals surface area (Å²) in [6, 6.07) is 10.5. The largest absolute Gasteiger partial charge is 0.364 e. The number of rotatable bonds is 5. The van der Waals surface area contributed by atoms with E-state index in [2.05, 4.69) is 25.6 Å². The van der Waals surface area contributed by atoms with Crippen LogP contribution >= 0.6 is 23.2 Å². The Labute approximate surface area is 175 Å². The molecule has 0 atom stereocenters. The Morgan fingerprint density at radius 2 is 1.83 bits per heavy atom. The molecule has 0 radical (unpaired) electrons. The average Bonchev–Trinajstić information content (AvgIpc) is 3.13. The summed E-state index contributed by atoms with van der Waals surface area (Å²) >= 11 is 12.5. The zero-order valence-electron chi connectivity index (χ0n) is 14.8. The number of amides is 1. The van der Waals surface area contributed by atoms with Crippen LogP contribution in [0.2, 0.25) is 10.0 Å². The van der Waals surface area contributed by atoms with Crippen LogP contribution in [0.3, 0.4) is 0 Å². The van der Waals surface area contributed by atoms with Gasteiger partial charge in [0.15, 0.2) is 5.69 Å². The molecule has 1 amide bonds. The Bertz CT molecular complexity index is 1160. The molecule has 3 aromatic heterocycles. The number of aromatic nitrogens is 5. The number of nitrogens with two attached hydrogens (primary N) is 1. The number of nitrogens with one attached hydrogen (secondary N) is 1. The summed E-state index contributed by atoms with van der Waals surface area (Å²) in [5.41, 5.74) is 8.59. The molecule has 1 aromatic carbocycles. The van der Waals surface area contributed by atoms with Gasteiger partial charge in [-0.2, -0.15) is 15.3 Å². The molecule has 0 fully saturated rings. The monoisotopic (exact) mass is 425 g/mol. The molecule has 0 saturated heterocycles. The highest BCUT2D eigenvalue weighted by Crippen LogP contribution is 2.30. The lowest BCUT2D eigenvalue weighted by Crippen LogP contribution is -2.14. The Hall–Kier alpha value is -3.49. The molecule has 144 valence electrons. The van der Waals surface area contributed by atoms with Crippen molar-refractivity contribution in [2.45, 2.75) is 0 Å². The number of anilines is 2. The van der Waals surface area contributed by atoms with E-state index >= 15 is 0 Å². The molecule has 29 heavy (non-hydrogen) atoms. The second-order valence-electron chi connectivity index (χ2n) is 5.96. The Kier molecular flexibility index (Phi) is 5.11. The van der Waals surface area contributed by atoms with Crippen molar-refractivity contribution in [3.8, 4) is 16.9 Å². The molecule has 4 rings (SSSR count). The van der Waals surface area contributed by atoms with Crippen LogP contribution in [0.1, 0.15) is 10.5 Å². The normalized spacial score (nSPS) is 10.7. The minimum Gasteiger partial charge on any atom is -0.364 e. The molecule has 10 heteroatoms. The van der Waals surface area contributed by atoms with Crippen molar-refractivity contribution in [1.29, 1.82) is 0 Å². The summed E-state index contributed by atoms with van der Waals surface area (Å²) in [5.74, 6) is -0.693. The molecule has 0 aliphatic carbocycles. The molecule has 0 aliphatic heterocycles. The van der Waals surface area contributed by atoms with Crippen LogP contribution in [0, 0.1) is 0 Å². The smallest absolute Gasteiger partial charge is 0.271 e. The first kappa shape index (κ1) is 18.9. The molecule has 8 nitrogen and oxygen atoms in total. The van der Waals surface area contributed by atoms with Crippen molar-refractivity contribution in [3.05, 3.63) is 76.9 Å². The summed E-state index contributed by atoms with van der Waals surface area (Å²) in [4.78, 5) is 16.3. The predicted octanol–water partition coefficient (Wildman–Crippen LogP) is 3.87. The Balaban J connectivity index is 1.67. The molecule has 3 heterocycles. The highest BCUT2D eigenvalue weighted by molar-refractivity contribution is 6.37. The SMILES string of the molecule is NC(=O)c1nn(-c2c(Cl)cccc2Cl)cc1Nc1ccc(-c2ccnnc2)nc1. The van der Waals surface area contributed by atoms with Gasteiger partial charge in [-0.3, -0.25) is 9.78 Å². The zero-order chi connectivity index (χ0) is 20.4. The predicted molar refractivity (Wildman–Crippen MR) is 111 cm³/mol. The molecule has 0 bridgehead atoms. The second kappa shape index (κ2) is 7.86. The summed E-state index contributed by atoms with van der Waals surface area (Å²) in [7, 11) is 0. The molecular formula is C19H13Cl2N7O. The van der Waals surface area contributed by atoms with Crippen LogP contribution in [0.4, 0.5) is 11.4 Å². The van der Waals surface area contributed by atoms with Gasteiger partial charge in [-0.25, -0.2) is 4.68 Å². The molecule has 0 spiro atoms. The van der Waals surface area contributed by atoms with Gasteiger partial charge in [0.05, 0.1) is 51.9 Å². The third-order valence-corrected chi connectivity index (χ3v) is 4.65. The number of nitrogens with zero attached hydrogens (tertiary/aromatic N) is 5. The van der Waals surface area contributed by atoms with E-state index < -0.39 is 5.91 Å². The van der Waals surface area contributed by atoms with E-state index in [0.29, 0.717) is 27.1 Å². The molecule has 0 aliphatic rings. The fraction of sp³-hybridized carbons (Fsp3) is 0. The summed E-state index contributed by atoms with van der Waals surface area (Å²) in [5, 5.41) is 15.7. The minimum absolute atomic E-state index is 0.0448. The van der Waals surface area contributed by atoms with E-state index in [1.165, 1.54) is 4.68 Å². The lowest BCUT2D eigenvalue weighted by atomic mass is 10.2. The van der Waals surface area contributed by atoms with Crippen molar-refractivity contribution in [1.82, 2.24) is 25.0 Å². The number of benzene rings is 1. The molecule has 0 saturated carbocycles. The molecule has 0 unspecified atom stereocenters. The zero-order valence-corrected chi connectivity index (χ0v) is 16.3. The third kappa shape index (κ3) is 3.89. The summed E-state index contributed by atoms with van der Waals surface area (Å²) < 4.78 is 1.41. The van der Waals surface area contributed by atoms with Crippen molar-refractivity contribution in [2.24, 2.45) is 5.73 Å². The van der Waals surface area contributed by atoms with Crippen molar-refractivity contribution < 1.29 is 4.79 Å². The first-order valence-electron chi connectivity index (χ1n) is 8.37. The van der Waals surface area contributed by atoms with Gasteiger partial charge in [-0.15, -0.1) is 0 Å². The van der Waals surface area contributed by atoms with Gasteiger partial charge in [-0.1, -0.05) is 29.3 Å². The first-order chi connectivity index (χ1) is 14.0. The van der Waals surface area contributed by atoms with Crippen molar-refractivity contribution in [3.63, 3.8) is 0 Å². The quantitative estimate of drug-likeness (QED) is 0.501. The minimum atomic E-state index is -0.693. The van der Waals surface area contributed by atoms with Gasteiger partial charge in [0.2, 0.25) is 0 Å². The maximum atomic E-state index is 11.9. The van der Waals surface area contributed by atoms with Crippen LogP contribution in [-0.2, 0) is 0 Å². The number of primary amides is 1. The van der Waals surface area contributed by atoms with Gasteiger partial charge >= 0.3 is 0 Å². The van der Waals surface area contributed by atoms with Gasteiger partial charge in [0.25, 0.3) is 5.91 Å². The number of carbonyl (C=O) groups excluding carboxylic acids is 1. The van der Waals surface area contributed by atoms with E-state index in [9.17, 15) is 4.79 Å². The number of carbonyl (C=O) groups is 1. The van der Waals surface area contributed by atoms with Gasteiger partial charge in [-0.05, 0) is 30.3 Å². The number of pyridine rings is 1. The van der Waals surface area contributed by atoms with Crippen LogP contribution in [0.25, 0.3) is 16.9 Å². The maximum absolute atomic E-state index is 11.9. The van der Waals surface area contributed by atoms with Crippen LogP contribution in [0.5, 0.6) is 0 Å². The standard InChI is InChI=1S/C19H13Cl2N7O/c20-13-2-1-3-14(21)18(13)28-10-16(17(27-28)19(22)29)26-12-4-5-15(23-9-12)11-6-7-24-25-8-11/h1-10,26H,(H2,22,29). The van der Waals surface area contributed by atoms with E-state index in [1.54, 1.807) is 43.0 Å². The summed E-state index contributed by atoms with van der Waals surface area (Å²) in [6.45, 7) is 0. The van der Waals surface area contributed by atoms with E-state index in [-0.39, 0.29) is 5.69 Å². The van der Waals surface area contributed by atoms with E-state index in [4.69, 9.17) is 28.9 Å². The number of hydrogen-bond donors (Lipinski definition) is 2. The van der Waals surface area contributed by atoms with Crippen LogP contribution in [0.15, 0.2) is 61.2 Å². The van der Waals surface area contributed by atoms with E-state index in [1.807, 2.05) is 18.2 Å². The van der Waals surface area contributed by atoms with Crippen molar-refractivity contribution >= 4 is 40.5 Å². The molecule has 4 aromatic rings. The Morgan fingerprint density at radius 3 is 2.45 bits per heavy atom. The first-order valence-corrected chi connectivity index (χ1v) is 9.12. The Morgan fingerprint density at radius 1 is 1.03 bits per heavy atom. The number of para-hydroxylation sites is 1. The fourth-order valence-corrected chi connectivity index (χ4v) is 3.28. The summed E-state index contributed by atoms with van der Waals surface area (Å²) in [6.07, 6.45) is 6.43. The number of halogens is 2. The second-order valence-corrected chi connectivity index (χ2v) is 6.77. The third-order valence-electron chi connectivity index (χ3n) is 4.04. The molecular weight excluding hydrogens is 413 g/mol.